The van der Waals surface area contributed by atoms with Gasteiger partial charge in [-0.2, -0.15) is 0 Å². The Kier molecular flexibility index (Phi) is 9.65. The van der Waals surface area contributed by atoms with E-state index < -0.39 is 0 Å². The molecular weight excluding hydrogens is 570 g/mol. The number of anilines is 3. The zero-order valence-corrected chi connectivity index (χ0v) is 27.9. The zero-order chi connectivity index (χ0) is 33.2. The predicted molar refractivity (Wildman–Crippen MR) is 181 cm³/mol. The van der Waals surface area contributed by atoms with E-state index >= 15 is 0 Å². The summed E-state index contributed by atoms with van der Waals surface area (Å²) in [6, 6.07) is 12.0. The van der Waals surface area contributed by atoms with Gasteiger partial charge in [-0.05, 0) is 97.2 Å². The lowest BCUT2D eigenvalue weighted by atomic mass is 10.2. The summed E-state index contributed by atoms with van der Waals surface area (Å²) < 4.78 is 21.5. The Balaban J connectivity index is 0.000000154. The Morgan fingerprint density at radius 3 is 1.33 bits per heavy atom. The summed E-state index contributed by atoms with van der Waals surface area (Å²) in [6.07, 6.45) is 0.0774. The van der Waals surface area contributed by atoms with E-state index in [2.05, 4.69) is 22.2 Å². The van der Waals surface area contributed by atoms with E-state index in [1.807, 2.05) is 105 Å². The van der Waals surface area contributed by atoms with Crippen molar-refractivity contribution >= 4 is 33.6 Å². The molecule has 6 N–H and O–H groups in total. The van der Waals surface area contributed by atoms with Gasteiger partial charge in [0.15, 0.2) is 0 Å². The van der Waals surface area contributed by atoms with Crippen LogP contribution in [0.1, 0.15) is 54.5 Å². The minimum absolute atomic E-state index is 0.0774. The van der Waals surface area contributed by atoms with Crippen LogP contribution in [0.5, 0.6) is 17.6 Å². The molecule has 12 nitrogen and oxygen atoms in total. The number of nitrogen functional groups attached to an aromatic ring is 3. The van der Waals surface area contributed by atoms with Crippen molar-refractivity contribution in [3.8, 4) is 17.6 Å². The number of hydrogen-bond acceptors (Lipinski definition) is 9. The number of pyridine rings is 3. The summed E-state index contributed by atoms with van der Waals surface area (Å²) >= 11 is 0. The van der Waals surface area contributed by atoms with Gasteiger partial charge in [-0.25, -0.2) is 13.5 Å². The molecule has 0 aliphatic carbocycles. The number of nitrogens with two attached hydrogens (primary N) is 3. The van der Waals surface area contributed by atoms with E-state index in [0.29, 0.717) is 41.3 Å². The van der Waals surface area contributed by atoms with Crippen molar-refractivity contribution in [3.05, 3.63) is 70.2 Å². The molecule has 6 aromatic heterocycles. The van der Waals surface area contributed by atoms with Crippen molar-refractivity contribution in [2.45, 2.75) is 68.4 Å². The lowest BCUT2D eigenvalue weighted by molar-refractivity contribution is 0.233. The third kappa shape index (κ3) is 6.40. The third-order valence-corrected chi connectivity index (χ3v) is 7.74. The Morgan fingerprint density at radius 2 is 0.956 bits per heavy atom. The topological polar surface area (TPSA) is 158 Å². The highest BCUT2D eigenvalue weighted by molar-refractivity contribution is 5.76. The number of aryl methyl sites for hydroxylation is 6. The lowest BCUT2D eigenvalue weighted by Crippen LogP contribution is -2.07. The highest BCUT2D eigenvalue weighted by Crippen LogP contribution is 2.29. The summed E-state index contributed by atoms with van der Waals surface area (Å²) in [6.45, 7) is 18.6. The molecule has 0 amide bonds. The molecule has 0 fully saturated rings. The molecule has 0 aromatic carbocycles. The minimum Gasteiger partial charge on any atom is -0.478 e. The van der Waals surface area contributed by atoms with Crippen LogP contribution in [0.25, 0.3) is 16.6 Å². The number of fused-ring (bicyclic) bond motifs is 3. The molecule has 0 unspecified atom stereocenters. The van der Waals surface area contributed by atoms with Crippen molar-refractivity contribution in [3.63, 3.8) is 0 Å². The van der Waals surface area contributed by atoms with Crippen LogP contribution >= 0.6 is 0 Å². The van der Waals surface area contributed by atoms with Crippen LogP contribution in [0.2, 0.25) is 0 Å². The quantitative estimate of drug-likeness (QED) is 0.218. The molecular formula is C33H45N9O3. The highest BCUT2D eigenvalue weighted by atomic mass is 16.5. The number of nitrogens with zero attached hydrogens (tertiary/aromatic N) is 6. The number of rotatable bonds is 5. The molecule has 240 valence electrons. The predicted octanol–water partition coefficient (Wildman–Crippen LogP) is 5.79. The van der Waals surface area contributed by atoms with Crippen molar-refractivity contribution in [1.82, 2.24) is 28.8 Å². The van der Waals surface area contributed by atoms with Gasteiger partial charge >= 0.3 is 0 Å². The monoisotopic (exact) mass is 615 g/mol. The average molecular weight is 616 g/mol. The van der Waals surface area contributed by atoms with Gasteiger partial charge in [0.1, 0.15) is 17.1 Å². The van der Waals surface area contributed by atoms with Gasteiger partial charge in [0.2, 0.25) is 0 Å². The van der Waals surface area contributed by atoms with Crippen molar-refractivity contribution in [2.24, 2.45) is 0 Å². The van der Waals surface area contributed by atoms with Gasteiger partial charge in [0.25, 0.3) is 17.6 Å². The summed E-state index contributed by atoms with van der Waals surface area (Å²) in [5, 5.41) is 13.0. The molecule has 12 heteroatoms. The number of hydrogen-bond donors (Lipinski definition) is 3. The Bertz CT molecular complexity index is 1970. The molecule has 0 saturated heterocycles. The molecule has 6 heterocycles. The number of methoxy groups -OCH3 is 1. The van der Waals surface area contributed by atoms with E-state index in [1.165, 1.54) is 16.7 Å². The first-order chi connectivity index (χ1) is 21.3. The van der Waals surface area contributed by atoms with E-state index in [0.717, 1.165) is 33.6 Å². The minimum atomic E-state index is 0.0774. The normalized spacial score (nSPS) is 11.0. The summed E-state index contributed by atoms with van der Waals surface area (Å²) in [5.41, 5.74) is 29.1. The van der Waals surface area contributed by atoms with Crippen molar-refractivity contribution < 1.29 is 14.2 Å². The first-order valence-electron chi connectivity index (χ1n) is 14.9. The van der Waals surface area contributed by atoms with Gasteiger partial charge in [0.05, 0.1) is 36.4 Å². The van der Waals surface area contributed by atoms with Gasteiger partial charge < -0.3 is 31.4 Å². The van der Waals surface area contributed by atoms with E-state index in [4.69, 9.17) is 31.4 Å². The maximum atomic E-state index is 6.00. The highest BCUT2D eigenvalue weighted by Gasteiger charge is 2.15. The Morgan fingerprint density at radius 1 is 0.600 bits per heavy atom. The van der Waals surface area contributed by atoms with E-state index in [-0.39, 0.29) is 6.10 Å². The largest absolute Gasteiger partial charge is 0.478 e. The standard InChI is InChI=1S/C12H17N3O.C11H15N3O.C10H13N3O/c1-7(2)16-12-11(13)10-6-5-8(3)9(4)15(10)14-12;1-4-15-11-10(12)9-6-5-7(2)8(3)14(9)13-11;1-6-4-5-8-9(11)10(14-3)12-13(8)7(6)2/h5-7H,13H2,1-4H3;5-6H,4,12H2,1-3H3;4-5H,11H2,1-3H3. The van der Waals surface area contributed by atoms with E-state index in [9.17, 15) is 0 Å². The van der Waals surface area contributed by atoms with Gasteiger partial charge in [-0.1, -0.05) is 18.2 Å². The average Bonchev–Trinajstić information content (AvgIpc) is 3.62. The fourth-order valence-corrected chi connectivity index (χ4v) is 4.69. The first-order valence-corrected chi connectivity index (χ1v) is 14.9. The lowest BCUT2D eigenvalue weighted by Gasteiger charge is -2.05. The van der Waals surface area contributed by atoms with Crippen LogP contribution in [0, 0.1) is 41.5 Å². The van der Waals surface area contributed by atoms with Crippen LogP contribution < -0.4 is 31.4 Å². The van der Waals surface area contributed by atoms with Crippen LogP contribution in [0.4, 0.5) is 17.1 Å². The van der Waals surface area contributed by atoms with Crippen LogP contribution in [0.3, 0.4) is 0 Å². The molecule has 6 rings (SSSR count). The molecule has 45 heavy (non-hydrogen) atoms. The number of ether oxygens (including phenoxy) is 3. The maximum Gasteiger partial charge on any atom is 0.257 e. The van der Waals surface area contributed by atoms with Gasteiger partial charge in [-0.3, -0.25) is 0 Å². The molecule has 6 aromatic rings. The molecule has 0 radical (unpaired) electrons. The Hall–Kier alpha value is -5.13. The fraction of sp³-hybridized carbons (Fsp3) is 0.364. The van der Waals surface area contributed by atoms with E-state index in [1.54, 1.807) is 7.11 Å². The molecule has 0 spiro atoms. The second kappa shape index (κ2) is 13.2. The van der Waals surface area contributed by atoms with Crippen molar-refractivity contribution in [2.75, 3.05) is 30.9 Å². The summed E-state index contributed by atoms with van der Waals surface area (Å²) in [5.74, 6) is 1.52. The molecule has 0 aliphatic rings. The summed E-state index contributed by atoms with van der Waals surface area (Å²) in [7, 11) is 1.57. The van der Waals surface area contributed by atoms with Crippen molar-refractivity contribution in [1.29, 1.82) is 0 Å². The maximum absolute atomic E-state index is 6.00. The third-order valence-electron chi connectivity index (χ3n) is 7.74. The molecule has 0 aliphatic heterocycles. The van der Waals surface area contributed by atoms with Crippen LogP contribution in [0.15, 0.2) is 36.4 Å². The van der Waals surface area contributed by atoms with Gasteiger partial charge in [-0.15, -0.1) is 15.3 Å². The first kappa shape index (κ1) is 32.8. The van der Waals surface area contributed by atoms with Crippen LogP contribution in [-0.2, 0) is 0 Å². The molecule has 0 atom stereocenters. The zero-order valence-electron chi connectivity index (χ0n) is 27.9. The fourth-order valence-electron chi connectivity index (χ4n) is 4.69. The second-order valence-corrected chi connectivity index (χ2v) is 11.2. The smallest absolute Gasteiger partial charge is 0.257 e. The molecule has 0 bridgehead atoms. The SMILES string of the molecule is CCOc1nn2c(C)c(C)ccc2c1N.COc1nn2c(C)c(C)ccc2c1N.Cc1ccc2c(N)c(OC(C)C)nn2c1C. The van der Waals surface area contributed by atoms with Gasteiger partial charge in [0, 0.05) is 17.1 Å². The summed E-state index contributed by atoms with van der Waals surface area (Å²) in [4.78, 5) is 0. The Labute approximate surface area is 263 Å². The van der Waals surface area contributed by atoms with Crippen LogP contribution in [-0.4, -0.2) is 48.7 Å². The number of aromatic nitrogens is 6. The second-order valence-electron chi connectivity index (χ2n) is 11.2. The molecule has 0 saturated carbocycles.